The number of hydrogen-bond donors (Lipinski definition) is 2. The molecule has 5 nitrogen and oxygen atoms in total. The van der Waals surface area contributed by atoms with Gasteiger partial charge in [-0.2, -0.15) is 0 Å². The zero-order valence-corrected chi connectivity index (χ0v) is 16.6. The molecule has 1 amide bonds. The highest BCUT2D eigenvalue weighted by atomic mass is 32.1. The van der Waals surface area contributed by atoms with Crippen molar-refractivity contribution >= 4 is 45.6 Å². The number of hydrogen-bond acceptors (Lipinski definition) is 4. The van der Waals surface area contributed by atoms with Crippen molar-refractivity contribution in [3.63, 3.8) is 0 Å². The summed E-state index contributed by atoms with van der Waals surface area (Å²) in [5.74, 6) is -0.0677. The first-order chi connectivity index (χ1) is 13.6. The number of thiocarbonyl (C=S) groups is 1. The number of furan rings is 1. The van der Waals surface area contributed by atoms with E-state index in [1.54, 1.807) is 0 Å². The molecule has 1 aromatic heterocycles. The molecule has 0 radical (unpaired) electrons. The third-order valence-electron chi connectivity index (χ3n) is 5.12. The third kappa shape index (κ3) is 3.87. The lowest BCUT2D eigenvalue weighted by molar-refractivity contribution is 0.0952. The first-order valence-electron chi connectivity index (χ1n) is 9.57. The van der Waals surface area contributed by atoms with Crippen LogP contribution < -0.4 is 15.5 Å². The van der Waals surface area contributed by atoms with Crippen LogP contribution in [0.1, 0.15) is 35.4 Å². The van der Waals surface area contributed by atoms with Gasteiger partial charge in [-0.25, -0.2) is 0 Å². The highest BCUT2D eigenvalue weighted by molar-refractivity contribution is 7.80. The normalized spacial score (nSPS) is 14.1. The maximum atomic E-state index is 12.6. The fraction of sp³-hybridized carbons (Fsp3) is 0.273. The fourth-order valence-electron chi connectivity index (χ4n) is 3.62. The Bertz CT molecular complexity index is 1000. The van der Waals surface area contributed by atoms with Crippen LogP contribution >= 0.6 is 12.2 Å². The van der Waals surface area contributed by atoms with Crippen LogP contribution in [0.3, 0.4) is 0 Å². The Morgan fingerprint density at radius 3 is 2.46 bits per heavy atom. The van der Waals surface area contributed by atoms with E-state index in [1.165, 1.54) is 24.9 Å². The molecule has 0 spiro atoms. The molecule has 0 aliphatic carbocycles. The molecule has 0 bridgehead atoms. The van der Waals surface area contributed by atoms with Gasteiger partial charge in [0.2, 0.25) is 0 Å². The standard InChI is InChI=1S/C22H23N3O2S/c1-15-18-7-3-4-8-19(18)27-20(15)21(26)24-22(28)23-16-9-11-17(12-10-16)25-13-5-2-6-14-25/h3-4,7-12H,2,5-6,13-14H2,1H3,(H2,23,24,26,28). The second kappa shape index (κ2) is 8.02. The van der Waals surface area contributed by atoms with E-state index in [-0.39, 0.29) is 16.8 Å². The Morgan fingerprint density at radius 1 is 1.04 bits per heavy atom. The molecular formula is C22H23N3O2S. The molecule has 0 saturated carbocycles. The molecule has 2 heterocycles. The number of anilines is 2. The van der Waals surface area contributed by atoms with Gasteiger partial charge in [0, 0.05) is 35.4 Å². The van der Waals surface area contributed by atoms with Crippen LogP contribution in [0.25, 0.3) is 11.0 Å². The summed E-state index contributed by atoms with van der Waals surface area (Å²) < 4.78 is 5.69. The van der Waals surface area contributed by atoms with Crippen molar-refractivity contribution in [3.05, 3.63) is 59.9 Å². The minimum absolute atomic E-state index is 0.246. The number of carbonyl (C=O) groups is 1. The predicted octanol–water partition coefficient (Wildman–Crippen LogP) is 4.86. The Labute approximate surface area is 169 Å². The topological polar surface area (TPSA) is 57.5 Å². The molecule has 2 aromatic carbocycles. The average molecular weight is 394 g/mol. The van der Waals surface area contributed by atoms with Crippen molar-refractivity contribution in [1.82, 2.24) is 5.32 Å². The second-order valence-corrected chi connectivity index (χ2v) is 7.46. The molecule has 6 heteroatoms. The van der Waals surface area contributed by atoms with Gasteiger partial charge in [0.05, 0.1) is 0 Å². The van der Waals surface area contributed by atoms with E-state index in [9.17, 15) is 4.79 Å². The van der Waals surface area contributed by atoms with Crippen molar-refractivity contribution in [3.8, 4) is 0 Å². The van der Waals surface area contributed by atoms with E-state index in [0.29, 0.717) is 5.58 Å². The molecule has 1 saturated heterocycles. The third-order valence-corrected chi connectivity index (χ3v) is 5.33. The number of benzene rings is 2. The van der Waals surface area contributed by atoms with Crippen LogP contribution in [-0.2, 0) is 0 Å². The smallest absolute Gasteiger partial charge is 0.293 e. The largest absolute Gasteiger partial charge is 0.451 e. The number of carbonyl (C=O) groups excluding carboxylic acids is 1. The number of piperidine rings is 1. The van der Waals surface area contributed by atoms with Gasteiger partial charge in [0.25, 0.3) is 5.91 Å². The second-order valence-electron chi connectivity index (χ2n) is 7.06. The van der Waals surface area contributed by atoms with Gasteiger partial charge in [-0.15, -0.1) is 0 Å². The van der Waals surface area contributed by atoms with E-state index in [0.717, 1.165) is 29.7 Å². The Kier molecular flexibility index (Phi) is 5.30. The summed E-state index contributed by atoms with van der Waals surface area (Å²) in [6.45, 7) is 4.09. The number of amides is 1. The Morgan fingerprint density at radius 2 is 1.75 bits per heavy atom. The maximum absolute atomic E-state index is 12.6. The van der Waals surface area contributed by atoms with Gasteiger partial charge >= 0.3 is 0 Å². The van der Waals surface area contributed by atoms with Gasteiger partial charge < -0.3 is 14.6 Å². The first-order valence-corrected chi connectivity index (χ1v) is 9.98. The number of nitrogens with zero attached hydrogens (tertiary/aromatic N) is 1. The van der Waals surface area contributed by atoms with Crippen LogP contribution in [0, 0.1) is 6.92 Å². The van der Waals surface area contributed by atoms with Crippen molar-refractivity contribution < 1.29 is 9.21 Å². The molecule has 0 unspecified atom stereocenters. The van der Waals surface area contributed by atoms with Crippen LogP contribution in [-0.4, -0.2) is 24.1 Å². The minimum Gasteiger partial charge on any atom is -0.451 e. The van der Waals surface area contributed by atoms with E-state index in [2.05, 4.69) is 27.7 Å². The summed E-state index contributed by atoms with van der Waals surface area (Å²) in [5.41, 5.74) is 3.56. The van der Waals surface area contributed by atoms with Gasteiger partial charge in [-0.05, 0) is 68.7 Å². The number of nitrogens with one attached hydrogen (secondary N) is 2. The number of para-hydroxylation sites is 1. The van der Waals surface area contributed by atoms with E-state index in [1.807, 2.05) is 43.3 Å². The maximum Gasteiger partial charge on any atom is 0.293 e. The highest BCUT2D eigenvalue weighted by Gasteiger charge is 2.18. The molecule has 2 N–H and O–H groups in total. The SMILES string of the molecule is Cc1c(C(=O)NC(=S)Nc2ccc(N3CCCCC3)cc2)oc2ccccc12. The summed E-state index contributed by atoms with van der Waals surface area (Å²) in [6, 6.07) is 15.7. The van der Waals surface area contributed by atoms with Crippen LogP contribution in [0.15, 0.2) is 52.9 Å². The van der Waals surface area contributed by atoms with Gasteiger partial charge in [0.15, 0.2) is 10.9 Å². The lowest BCUT2D eigenvalue weighted by atomic mass is 10.1. The zero-order valence-electron chi connectivity index (χ0n) is 15.8. The van der Waals surface area contributed by atoms with Crippen LogP contribution in [0.2, 0.25) is 0 Å². The van der Waals surface area contributed by atoms with Crippen molar-refractivity contribution in [2.75, 3.05) is 23.3 Å². The average Bonchev–Trinajstić information content (AvgIpc) is 3.06. The predicted molar refractivity (Wildman–Crippen MR) is 117 cm³/mol. The first kappa shape index (κ1) is 18.5. The van der Waals surface area contributed by atoms with Gasteiger partial charge in [-0.1, -0.05) is 18.2 Å². The lowest BCUT2D eigenvalue weighted by Crippen LogP contribution is -2.34. The fourth-order valence-corrected chi connectivity index (χ4v) is 3.83. The number of fused-ring (bicyclic) bond motifs is 1. The van der Waals surface area contributed by atoms with Crippen LogP contribution in [0.4, 0.5) is 11.4 Å². The Hall–Kier alpha value is -2.86. The number of aryl methyl sites for hydroxylation is 1. The summed E-state index contributed by atoms with van der Waals surface area (Å²) in [4.78, 5) is 15.0. The van der Waals surface area contributed by atoms with Crippen LogP contribution in [0.5, 0.6) is 0 Å². The summed E-state index contributed by atoms with van der Waals surface area (Å²) in [7, 11) is 0. The summed E-state index contributed by atoms with van der Waals surface area (Å²) in [6.07, 6.45) is 3.81. The minimum atomic E-state index is -0.351. The lowest BCUT2D eigenvalue weighted by Gasteiger charge is -2.28. The van der Waals surface area contributed by atoms with Crippen molar-refractivity contribution in [2.24, 2.45) is 0 Å². The molecular weight excluding hydrogens is 370 g/mol. The Balaban J connectivity index is 1.39. The molecule has 1 fully saturated rings. The van der Waals surface area contributed by atoms with E-state index >= 15 is 0 Å². The van der Waals surface area contributed by atoms with E-state index in [4.69, 9.17) is 16.6 Å². The summed E-state index contributed by atoms with van der Waals surface area (Å²) in [5, 5.41) is 6.94. The van der Waals surface area contributed by atoms with Gasteiger partial charge in [0.1, 0.15) is 5.58 Å². The molecule has 3 aromatic rings. The van der Waals surface area contributed by atoms with Crippen molar-refractivity contribution in [1.29, 1.82) is 0 Å². The van der Waals surface area contributed by atoms with E-state index < -0.39 is 0 Å². The van der Waals surface area contributed by atoms with Crippen molar-refractivity contribution in [2.45, 2.75) is 26.2 Å². The molecule has 28 heavy (non-hydrogen) atoms. The molecule has 0 atom stereocenters. The number of rotatable bonds is 3. The van der Waals surface area contributed by atoms with Gasteiger partial charge in [-0.3, -0.25) is 10.1 Å². The highest BCUT2D eigenvalue weighted by Crippen LogP contribution is 2.25. The monoisotopic (exact) mass is 393 g/mol. The molecule has 4 rings (SSSR count). The molecule has 1 aliphatic rings. The molecule has 144 valence electrons. The zero-order chi connectivity index (χ0) is 19.5. The quantitative estimate of drug-likeness (QED) is 0.623. The molecule has 1 aliphatic heterocycles. The summed E-state index contributed by atoms with van der Waals surface area (Å²) >= 11 is 5.30.